The van der Waals surface area contributed by atoms with E-state index in [1.54, 1.807) is 49.7 Å². The molecule has 0 spiro atoms. The van der Waals surface area contributed by atoms with E-state index < -0.39 is 37.4 Å². The molecule has 3 aliphatic heterocycles. The van der Waals surface area contributed by atoms with Gasteiger partial charge < -0.3 is 56.0 Å². The number of nitrogens with one attached hydrogen (secondary N) is 4. The first-order chi connectivity index (χ1) is 31.8. The number of hydrogen-bond acceptors (Lipinski definition) is 13. The first-order valence-electron chi connectivity index (χ1n) is 23.0. The van der Waals surface area contributed by atoms with Crippen LogP contribution < -0.4 is 42.5 Å². The Morgan fingerprint density at radius 3 is 2.07 bits per heavy atom. The molecule has 3 aromatic rings. The Hall–Kier alpha value is -4.96. The Labute approximate surface area is 418 Å². The number of aliphatic imine (C=N–C) groups is 1. The van der Waals surface area contributed by atoms with Crippen LogP contribution in [0.5, 0.6) is 0 Å². The second-order valence-electron chi connectivity index (χ2n) is 20.3. The molecule has 21 heteroatoms. The molecule has 0 aliphatic carbocycles. The van der Waals surface area contributed by atoms with Crippen LogP contribution in [-0.2, 0) is 25.7 Å². The van der Waals surface area contributed by atoms with Gasteiger partial charge in [-0.15, -0.1) is 0 Å². The van der Waals surface area contributed by atoms with Crippen LogP contribution in [0.25, 0.3) is 0 Å². The number of anilines is 6. The molecule has 18 nitrogen and oxygen atoms in total. The number of aromatic nitrogens is 2. The molecule has 1 aromatic heterocycles. The van der Waals surface area contributed by atoms with Gasteiger partial charge in [0, 0.05) is 76.9 Å². The maximum Gasteiger partial charge on any atom is 0.412 e. The van der Waals surface area contributed by atoms with Crippen LogP contribution in [0, 0.1) is 0 Å². The van der Waals surface area contributed by atoms with Crippen LogP contribution in [-0.4, -0.2) is 103 Å². The number of allylic oxidation sites excluding steroid dienone is 1. The Bertz CT molecular complexity index is 2340. The van der Waals surface area contributed by atoms with Crippen LogP contribution in [0.3, 0.4) is 0 Å². The lowest BCUT2D eigenvalue weighted by Gasteiger charge is -2.36. The second kappa shape index (κ2) is 23.6. The average Bonchev–Trinajstić information content (AvgIpc) is 3.83. The molecule has 6 rings (SSSR count). The van der Waals surface area contributed by atoms with Crippen molar-refractivity contribution < 1.29 is 33.4 Å². The van der Waals surface area contributed by atoms with Gasteiger partial charge in [0.15, 0.2) is 0 Å². The first-order valence-corrected chi connectivity index (χ1v) is 28.2. The number of ether oxygens (including phenoxy) is 3. The third-order valence-electron chi connectivity index (χ3n) is 10.6. The molecule has 68 heavy (non-hydrogen) atoms. The maximum atomic E-state index is 13.7. The van der Waals surface area contributed by atoms with Gasteiger partial charge >= 0.3 is 12.2 Å². The number of nitrogens with two attached hydrogens (primary N) is 2. The SMILES string of the molecule is CC(C)(C)OC(=O)Nc1ccc(N2CCC[C@@H](NC(=O)OC(C)(C)C)C2)c(NC(=O)c2nc(Br)cn2COCC[Si](C)(C)C)c1.Nc1ccc(N2CCC[C@@H](N)C2)c(NC(=O)C2=NC(Br)=CC2)c1. The van der Waals surface area contributed by atoms with Crippen molar-refractivity contribution in [3.05, 3.63) is 63.7 Å². The van der Waals surface area contributed by atoms with Gasteiger partial charge in [0.25, 0.3) is 11.8 Å². The lowest BCUT2D eigenvalue weighted by molar-refractivity contribution is -0.110. The molecule has 2 saturated heterocycles. The van der Waals surface area contributed by atoms with E-state index in [-0.39, 0.29) is 30.5 Å². The predicted octanol–water partition coefficient (Wildman–Crippen LogP) is 9.27. The van der Waals surface area contributed by atoms with Crippen molar-refractivity contribution in [2.75, 3.05) is 64.3 Å². The largest absolute Gasteiger partial charge is 0.444 e. The fraction of sp³-hybridized carbons (Fsp3) is 0.532. The highest BCUT2D eigenvalue weighted by Gasteiger charge is 2.28. The lowest BCUT2D eigenvalue weighted by Crippen LogP contribution is -2.49. The molecular formula is C47H69Br2N11O7Si. The minimum atomic E-state index is -1.27. The highest BCUT2D eigenvalue weighted by Crippen LogP contribution is 2.34. The van der Waals surface area contributed by atoms with Crippen LogP contribution in [0.4, 0.5) is 43.7 Å². The maximum absolute atomic E-state index is 13.7. The molecule has 4 amide bonds. The number of benzene rings is 2. The molecular weight excluding hydrogens is 1020 g/mol. The van der Waals surface area contributed by atoms with Crippen molar-refractivity contribution in [1.29, 1.82) is 0 Å². The highest BCUT2D eigenvalue weighted by atomic mass is 79.9. The van der Waals surface area contributed by atoms with Gasteiger partial charge in [-0.1, -0.05) is 19.6 Å². The van der Waals surface area contributed by atoms with Gasteiger partial charge in [-0.05, 0) is 148 Å². The minimum absolute atomic E-state index is 0.153. The number of piperidine rings is 2. The zero-order valence-corrected chi connectivity index (χ0v) is 44.9. The number of hydrogen-bond donors (Lipinski definition) is 6. The second-order valence-corrected chi connectivity index (χ2v) is 27.6. The molecule has 3 aliphatic rings. The van der Waals surface area contributed by atoms with Gasteiger partial charge in [-0.3, -0.25) is 14.9 Å². The van der Waals surface area contributed by atoms with Crippen molar-refractivity contribution >= 4 is 104 Å². The molecule has 372 valence electrons. The average molecular weight is 1090 g/mol. The van der Waals surface area contributed by atoms with E-state index in [1.165, 1.54) is 0 Å². The summed E-state index contributed by atoms with van der Waals surface area (Å²) >= 11 is 6.67. The molecule has 0 bridgehead atoms. The van der Waals surface area contributed by atoms with Crippen molar-refractivity contribution in [3.8, 4) is 0 Å². The number of rotatable bonds is 13. The minimum Gasteiger partial charge on any atom is -0.444 e. The summed E-state index contributed by atoms with van der Waals surface area (Å²) in [6, 6.07) is 11.8. The summed E-state index contributed by atoms with van der Waals surface area (Å²) in [5, 5.41) is 11.7. The number of amides is 4. The molecule has 0 saturated carbocycles. The van der Waals surface area contributed by atoms with Gasteiger partial charge in [-0.2, -0.15) is 0 Å². The summed E-state index contributed by atoms with van der Waals surface area (Å²) < 4.78 is 19.6. The van der Waals surface area contributed by atoms with E-state index in [0.717, 1.165) is 56.2 Å². The Morgan fingerprint density at radius 1 is 0.824 bits per heavy atom. The van der Waals surface area contributed by atoms with Gasteiger partial charge in [-0.25, -0.2) is 19.6 Å². The lowest BCUT2D eigenvalue weighted by atomic mass is 10.0. The monoisotopic (exact) mass is 1090 g/mol. The molecule has 2 atom stereocenters. The smallest absolute Gasteiger partial charge is 0.412 e. The van der Waals surface area contributed by atoms with Crippen molar-refractivity contribution in [3.63, 3.8) is 0 Å². The third kappa shape index (κ3) is 17.5. The number of halogens is 2. The number of nitrogen functional groups attached to an aromatic ring is 1. The van der Waals surface area contributed by atoms with Crippen LogP contribution in [0.15, 0.2) is 62.9 Å². The van der Waals surface area contributed by atoms with E-state index in [4.69, 9.17) is 25.7 Å². The standard InChI is InChI=1S/C31H49BrN6O6Si.C16H20BrN5O/c1-30(2,3)43-28(40)33-21-12-13-24(37-14-10-11-22(18-37)34-29(41)44-31(4,5)6)23(17-21)35-27(39)26-36-25(32)19-38(26)20-42-15-16-45(7,8)9;17-15-6-4-12(20-15)16(23)21-13-8-10(18)3-5-14(13)22-7-1-2-11(19)9-22/h12-13,17,19,22H,10-11,14-16,18,20H2,1-9H3,(H,33,40)(H,34,41)(H,35,39);3,5-6,8,11H,1-2,4,7,9,18-19H2,(H,21,23)/t22-;11-/m11/s1. The molecule has 0 unspecified atom stereocenters. The van der Waals surface area contributed by atoms with Crippen LogP contribution in [0.2, 0.25) is 25.7 Å². The van der Waals surface area contributed by atoms with Gasteiger partial charge in [0.2, 0.25) is 5.82 Å². The van der Waals surface area contributed by atoms with Crippen molar-refractivity contribution in [2.45, 2.75) is 129 Å². The summed E-state index contributed by atoms with van der Waals surface area (Å²) in [5.41, 5.74) is 15.1. The Morgan fingerprint density at radius 2 is 1.44 bits per heavy atom. The summed E-state index contributed by atoms with van der Waals surface area (Å²) in [7, 11) is -1.27. The third-order valence-corrected chi connectivity index (χ3v) is 13.2. The summed E-state index contributed by atoms with van der Waals surface area (Å²) in [5.74, 6) is -0.469. The molecule has 2 aromatic carbocycles. The zero-order valence-electron chi connectivity index (χ0n) is 40.8. The van der Waals surface area contributed by atoms with E-state index in [9.17, 15) is 19.2 Å². The van der Waals surface area contributed by atoms with E-state index in [2.05, 4.69) is 92.5 Å². The summed E-state index contributed by atoms with van der Waals surface area (Å²) in [4.78, 5) is 63.9. The topological polar surface area (TPSA) is 233 Å². The summed E-state index contributed by atoms with van der Waals surface area (Å²) in [6.07, 6.45) is 6.70. The zero-order chi connectivity index (χ0) is 50.0. The Kier molecular flexibility index (Phi) is 18.7. The van der Waals surface area contributed by atoms with Gasteiger partial charge in [0.1, 0.15) is 32.9 Å². The number of alkyl carbamates (subject to hydrolysis) is 1. The fourth-order valence-corrected chi connectivity index (χ4v) is 9.03. The van der Waals surface area contributed by atoms with E-state index >= 15 is 0 Å². The molecule has 8 N–H and O–H groups in total. The number of nitrogens with zero attached hydrogens (tertiary/aromatic N) is 5. The van der Waals surface area contributed by atoms with Crippen molar-refractivity contribution in [2.24, 2.45) is 10.7 Å². The molecule has 2 fully saturated rings. The van der Waals surface area contributed by atoms with E-state index in [1.807, 2.05) is 45.0 Å². The van der Waals surface area contributed by atoms with Crippen LogP contribution in [0.1, 0.15) is 84.3 Å². The normalized spacial score (nSPS) is 17.5. The Balaban J connectivity index is 0.000000312. The number of imidazole rings is 1. The van der Waals surface area contributed by atoms with Crippen LogP contribution >= 0.6 is 31.9 Å². The van der Waals surface area contributed by atoms with Gasteiger partial charge in [0.05, 0.1) is 22.7 Å². The molecule has 4 heterocycles. The quantitative estimate of drug-likeness (QED) is 0.0407. The van der Waals surface area contributed by atoms with E-state index in [0.29, 0.717) is 63.8 Å². The number of carbonyl (C=O) groups excluding carboxylic acids is 4. The highest BCUT2D eigenvalue weighted by molar-refractivity contribution is 9.11. The number of carbonyl (C=O) groups is 4. The first kappa shape index (κ1) is 54.0. The summed E-state index contributed by atoms with van der Waals surface area (Å²) in [6.45, 7) is 21.4. The van der Waals surface area contributed by atoms with Crippen molar-refractivity contribution in [1.82, 2.24) is 14.9 Å². The predicted molar refractivity (Wildman–Crippen MR) is 281 cm³/mol. The molecule has 0 radical (unpaired) electrons. The fourth-order valence-electron chi connectivity index (χ4n) is 7.48.